The second-order valence-electron chi connectivity index (χ2n) is 2.34. The smallest absolute Gasteiger partial charge is 0.354 e. The number of aromatic nitrogens is 2. The molecule has 0 bridgehead atoms. The van der Waals surface area contributed by atoms with Crippen LogP contribution < -0.4 is 0 Å². The molecule has 0 aromatic carbocycles. The molecule has 2 aromatic rings. The van der Waals surface area contributed by atoms with Crippen LogP contribution in [0.5, 0.6) is 0 Å². The molecule has 0 fully saturated rings. The van der Waals surface area contributed by atoms with Gasteiger partial charge in [0.15, 0.2) is 5.69 Å². The Bertz CT molecular complexity index is 480. The van der Waals surface area contributed by atoms with Crippen LogP contribution in [0.15, 0.2) is 16.8 Å². The van der Waals surface area contributed by atoms with E-state index in [0.717, 1.165) is 0 Å². The summed E-state index contributed by atoms with van der Waals surface area (Å²) in [6.07, 6.45) is 1.39. The number of halogens is 1. The zero-order chi connectivity index (χ0) is 9.42. The van der Waals surface area contributed by atoms with Crippen molar-refractivity contribution in [3.05, 3.63) is 23.0 Å². The number of pyridine rings is 1. The molecule has 0 aliphatic carbocycles. The standard InChI is InChI=1S/C7H3ClN2O3/c8-4-1-5(7(11)12)10-6-3(4)2-9-13-6/h1-2H,(H,11,12). The number of carboxylic acids is 1. The average molecular weight is 199 g/mol. The lowest BCUT2D eigenvalue weighted by atomic mass is 10.3. The first-order valence-corrected chi connectivity index (χ1v) is 3.70. The second kappa shape index (κ2) is 2.70. The molecule has 1 N–H and O–H groups in total. The van der Waals surface area contributed by atoms with Gasteiger partial charge in [-0.15, -0.1) is 0 Å². The third-order valence-corrected chi connectivity index (χ3v) is 1.83. The van der Waals surface area contributed by atoms with Crippen molar-refractivity contribution < 1.29 is 14.4 Å². The van der Waals surface area contributed by atoms with Gasteiger partial charge in [0.1, 0.15) is 0 Å². The zero-order valence-electron chi connectivity index (χ0n) is 6.19. The van der Waals surface area contributed by atoms with Crippen LogP contribution in [0.4, 0.5) is 0 Å². The highest BCUT2D eigenvalue weighted by molar-refractivity contribution is 6.35. The van der Waals surface area contributed by atoms with E-state index in [9.17, 15) is 4.79 Å². The van der Waals surface area contributed by atoms with Crippen LogP contribution in [0.3, 0.4) is 0 Å². The molecule has 2 rings (SSSR count). The number of rotatable bonds is 1. The van der Waals surface area contributed by atoms with E-state index >= 15 is 0 Å². The van der Waals surface area contributed by atoms with E-state index in [1.807, 2.05) is 0 Å². The first-order chi connectivity index (χ1) is 6.18. The van der Waals surface area contributed by atoms with Crippen molar-refractivity contribution in [1.82, 2.24) is 10.1 Å². The van der Waals surface area contributed by atoms with E-state index in [-0.39, 0.29) is 16.4 Å². The molecule has 0 unspecified atom stereocenters. The molecule has 6 heteroatoms. The van der Waals surface area contributed by atoms with E-state index in [1.165, 1.54) is 12.3 Å². The van der Waals surface area contributed by atoms with Gasteiger partial charge in [-0.1, -0.05) is 16.8 Å². The normalized spacial score (nSPS) is 10.5. The van der Waals surface area contributed by atoms with E-state index in [4.69, 9.17) is 16.7 Å². The van der Waals surface area contributed by atoms with Gasteiger partial charge < -0.3 is 9.63 Å². The van der Waals surface area contributed by atoms with Crippen molar-refractivity contribution in [2.24, 2.45) is 0 Å². The number of nitrogens with zero attached hydrogens (tertiary/aromatic N) is 2. The summed E-state index contributed by atoms with van der Waals surface area (Å²) in [6.45, 7) is 0. The SMILES string of the molecule is O=C(O)c1cc(Cl)c2cnoc2n1. The molecule has 0 amide bonds. The Morgan fingerprint density at radius 2 is 2.38 bits per heavy atom. The Morgan fingerprint density at radius 3 is 3.08 bits per heavy atom. The summed E-state index contributed by atoms with van der Waals surface area (Å²) in [5.41, 5.74) is -0.0286. The molecule has 0 saturated heterocycles. The summed E-state index contributed by atoms with van der Waals surface area (Å²) < 4.78 is 4.68. The monoisotopic (exact) mass is 198 g/mol. The Balaban J connectivity index is 2.77. The van der Waals surface area contributed by atoms with Crippen LogP contribution in [-0.2, 0) is 0 Å². The second-order valence-corrected chi connectivity index (χ2v) is 2.75. The number of hydrogen-bond acceptors (Lipinski definition) is 4. The molecule has 13 heavy (non-hydrogen) atoms. The maximum absolute atomic E-state index is 10.5. The molecule has 0 aliphatic rings. The van der Waals surface area contributed by atoms with Crippen molar-refractivity contribution in [2.45, 2.75) is 0 Å². The lowest BCUT2D eigenvalue weighted by molar-refractivity contribution is 0.0690. The topological polar surface area (TPSA) is 76.2 Å². The number of carbonyl (C=O) groups is 1. The number of fused-ring (bicyclic) bond motifs is 1. The fourth-order valence-corrected chi connectivity index (χ4v) is 1.16. The molecule has 2 heterocycles. The van der Waals surface area contributed by atoms with Crippen molar-refractivity contribution in [2.75, 3.05) is 0 Å². The summed E-state index contributed by atoms with van der Waals surface area (Å²) in [4.78, 5) is 14.2. The van der Waals surface area contributed by atoms with Crippen LogP contribution in [-0.4, -0.2) is 21.2 Å². The fourth-order valence-electron chi connectivity index (χ4n) is 0.927. The summed E-state index contributed by atoms with van der Waals surface area (Å²) in [5, 5.41) is 12.8. The summed E-state index contributed by atoms with van der Waals surface area (Å²) in [6, 6.07) is 1.25. The van der Waals surface area contributed by atoms with Gasteiger partial charge in [-0.25, -0.2) is 9.78 Å². The molecule has 2 aromatic heterocycles. The molecule has 66 valence electrons. The van der Waals surface area contributed by atoms with Crippen molar-refractivity contribution in [3.63, 3.8) is 0 Å². The van der Waals surface area contributed by atoms with Gasteiger partial charge in [-0.3, -0.25) is 0 Å². The Morgan fingerprint density at radius 1 is 1.62 bits per heavy atom. The van der Waals surface area contributed by atoms with Gasteiger partial charge in [-0.2, -0.15) is 0 Å². The third-order valence-electron chi connectivity index (χ3n) is 1.51. The van der Waals surface area contributed by atoms with Crippen LogP contribution >= 0.6 is 11.6 Å². The quantitative estimate of drug-likeness (QED) is 0.753. The summed E-state index contributed by atoms with van der Waals surface area (Å²) in [7, 11) is 0. The molecule has 0 atom stereocenters. The number of aromatic carboxylic acids is 1. The van der Waals surface area contributed by atoms with Gasteiger partial charge >= 0.3 is 5.97 Å². The van der Waals surface area contributed by atoms with Gasteiger partial charge in [-0.05, 0) is 6.07 Å². The first kappa shape index (κ1) is 8.00. The molecular formula is C7H3ClN2O3. The van der Waals surface area contributed by atoms with E-state index in [2.05, 4.69) is 14.7 Å². The largest absolute Gasteiger partial charge is 0.477 e. The number of hydrogen-bond donors (Lipinski definition) is 1. The van der Waals surface area contributed by atoms with Gasteiger partial charge in [0.2, 0.25) is 0 Å². The van der Waals surface area contributed by atoms with Gasteiger partial charge in [0.25, 0.3) is 5.71 Å². The number of carboxylic acid groups (broad SMARTS) is 1. The van der Waals surface area contributed by atoms with E-state index < -0.39 is 5.97 Å². The first-order valence-electron chi connectivity index (χ1n) is 3.32. The highest BCUT2D eigenvalue weighted by Crippen LogP contribution is 2.22. The van der Waals surface area contributed by atoms with Crippen molar-refractivity contribution in [3.8, 4) is 0 Å². The average Bonchev–Trinajstić information content (AvgIpc) is 2.51. The Hall–Kier alpha value is -1.62. The molecule has 0 aliphatic heterocycles. The maximum Gasteiger partial charge on any atom is 0.354 e. The van der Waals surface area contributed by atoms with Crippen LogP contribution in [0, 0.1) is 0 Å². The third kappa shape index (κ3) is 1.23. The maximum atomic E-state index is 10.5. The minimum atomic E-state index is -1.15. The molecule has 0 saturated carbocycles. The molecule has 0 spiro atoms. The highest BCUT2D eigenvalue weighted by Gasteiger charge is 2.11. The highest BCUT2D eigenvalue weighted by atomic mass is 35.5. The fraction of sp³-hybridized carbons (Fsp3) is 0. The predicted molar refractivity (Wildman–Crippen MR) is 43.8 cm³/mol. The predicted octanol–water partition coefficient (Wildman–Crippen LogP) is 1.57. The minimum absolute atomic E-state index is 0.130. The lowest BCUT2D eigenvalue weighted by Crippen LogP contribution is -1.99. The zero-order valence-corrected chi connectivity index (χ0v) is 6.95. The summed E-state index contributed by atoms with van der Waals surface area (Å²) >= 11 is 5.74. The summed E-state index contributed by atoms with van der Waals surface area (Å²) in [5.74, 6) is -1.15. The minimum Gasteiger partial charge on any atom is -0.477 e. The molecular weight excluding hydrogens is 196 g/mol. The molecule has 5 nitrogen and oxygen atoms in total. The van der Waals surface area contributed by atoms with Crippen LogP contribution in [0.1, 0.15) is 10.5 Å². The van der Waals surface area contributed by atoms with Crippen LogP contribution in [0.2, 0.25) is 5.02 Å². The Kier molecular flexibility index (Phi) is 1.66. The van der Waals surface area contributed by atoms with Crippen LogP contribution in [0.25, 0.3) is 11.1 Å². The van der Waals surface area contributed by atoms with E-state index in [0.29, 0.717) is 5.39 Å². The van der Waals surface area contributed by atoms with E-state index in [1.54, 1.807) is 0 Å². The lowest BCUT2D eigenvalue weighted by Gasteiger charge is -1.94. The van der Waals surface area contributed by atoms with Gasteiger partial charge in [0, 0.05) is 0 Å². The van der Waals surface area contributed by atoms with Gasteiger partial charge in [0.05, 0.1) is 16.6 Å². The molecule has 0 radical (unpaired) electrons. The van der Waals surface area contributed by atoms with Crippen molar-refractivity contribution >= 4 is 28.7 Å². The Labute approximate surface area is 76.9 Å². The van der Waals surface area contributed by atoms with Crippen molar-refractivity contribution in [1.29, 1.82) is 0 Å².